The molecule has 3 nitrogen and oxygen atoms in total. The van der Waals surface area contributed by atoms with E-state index in [1.54, 1.807) is 18.0 Å². The first-order valence-electron chi connectivity index (χ1n) is 6.22. The summed E-state index contributed by atoms with van der Waals surface area (Å²) in [7, 11) is 0. The number of amides is 1. The van der Waals surface area contributed by atoms with Crippen LogP contribution in [0.3, 0.4) is 0 Å². The maximum Gasteiger partial charge on any atom is 0.230 e. The lowest BCUT2D eigenvalue weighted by Gasteiger charge is -2.06. The summed E-state index contributed by atoms with van der Waals surface area (Å²) in [5.74, 6) is 1.32. The van der Waals surface area contributed by atoms with E-state index >= 15 is 0 Å². The molecule has 0 aliphatic rings. The van der Waals surface area contributed by atoms with Crippen LogP contribution in [0.15, 0.2) is 53.3 Å². The van der Waals surface area contributed by atoms with E-state index in [1.165, 1.54) is 0 Å². The molecule has 1 aromatic carbocycles. The van der Waals surface area contributed by atoms with Gasteiger partial charge >= 0.3 is 0 Å². The molecule has 5 heteroatoms. The quantitative estimate of drug-likeness (QED) is 0.867. The molecule has 0 saturated carbocycles. The minimum atomic E-state index is 0.0545. The third-order valence-electron chi connectivity index (χ3n) is 2.60. The van der Waals surface area contributed by atoms with Crippen LogP contribution in [0.4, 0.5) is 0 Å². The maximum absolute atomic E-state index is 11.7. The van der Waals surface area contributed by atoms with E-state index < -0.39 is 0 Å². The second-order valence-corrected chi connectivity index (χ2v) is 6.16. The van der Waals surface area contributed by atoms with Gasteiger partial charge < -0.3 is 5.32 Å². The number of benzene rings is 1. The average molecular weight is 351 g/mol. The number of thioether (sulfide) groups is 1. The number of nitrogens with zero attached hydrogens (tertiary/aromatic N) is 1. The Morgan fingerprint density at radius 1 is 1.25 bits per heavy atom. The molecule has 0 spiro atoms. The van der Waals surface area contributed by atoms with Gasteiger partial charge in [0.1, 0.15) is 0 Å². The molecule has 104 valence electrons. The number of aromatic nitrogens is 1. The van der Waals surface area contributed by atoms with E-state index in [1.807, 2.05) is 42.6 Å². The number of carbonyl (C=O) groups excluding carboxylic acids is 1. The number of halogens is 1. The van der Waals surface area contributed by atoms with Crippen LogP contribution in [0.25, 0.3) is 0 Å². The summed E-state index contributed by atoms with van der Waals surface area (Å²) in [5, 5.41) is 2.92. The lowest BCUT2D eigenvalue weighted by Crippen LogP contribution is -2.24. The minimum Gasteiger partial charge on any atom is -0.351 e. The number of rotatable bonds is 6. The van der Waals surface area contributed by atoms with E-state index in [0.717, 1.165) is 21.4 Å². The topological polar surface area (TPSA) is 42.0 Å². The van der Waals surface area contributed by atoms with Crippen molar-refractivity contribution in [1.29, 1.82) is 0 Å². The summed E-state index contributed by atoms with van der Waals surface area (Å²) in [6.07, 6.45) is 3.57. The lowest BCUT2D eigenvalue weighted by molar-refractivity contribution is -0.118. The van der Waals surface area contributed by atoms with Crippen molar-refractivity contribution in [1.82, 2.24) is 10.3 Å². The molecule has 0 unspecified atom stereocenters. The van der Waals surface area contributed by atoms with Crippen LogP contribution in [-0.2, 0) is 17.1 Å². The number of hydrogen-bond donors (Lipinski definition) is 1. The van der Waals surface area contributed by atoms with Crippen LogP contribution in [0.1, 0.15) is 11.1 Å². The van der Waals surface area contributed by atoms with Gasteiger partial charge in [-0.05, 0) is 29.3 Å². The average Bonchev–Trinajstić information content (AvgIpc) is 2.46. The van der Waals surface area contributed by atoms with Gasteiger partial charge in [-0.3, -0.25) is 9.78 Å². The lowest BCUT2D eigenvalue weighted by atomic mass is 10.2. The zero-order chi connectivity index (χ0) is 14.2. The van der Waals surface area contributed by atoms with Gasteiger partial charge in [-0.2, -0.15) is 0 Å². The smallest absolute Gasteiger partial charge is 0.230 e. The SMILES string of the molecule is O=C(CSCc1cccnc1)NCc1cccc(Br)c1. The Bertz CT molecular complexity index is 563. The molecule has 0 aliphatic carbocycles. The van der Waals surface area contributed by atoms with Crippen LogP contribution in [0, 0.1) is 0 Å². The van der Waals surface area contributed by atoms with Crippen molar-refractivity contribution in [3.8, 4) is 0 Å². The van der Waals surface area contributed by atoms with Crippen molar-refractivity contribution in [3.63, 3.8) is 0 Å². The van der Waals surface area contributed by atoms with E-state index in [9.17, 15) is 4.79 Å². The first-order chi connectivity index (χ1) is 9.74. The van der Waals surface area contributed by atoms with Crippen molar-refractivity contribution >= 4 is 33.6 Å². The van der Waals surface area contributed by atoms with Crippen LogP contribution in [0.2, 0.25) is 0 Å². The standard InChI is InChI=1S/C15H15BrN2OS/c16-14-5-1-3-12(7-14)9-18-15(19)11-20-10-13-4-2-6-17-8-13/h1-8H,9-11H2,(H,18,19). The van der Waals surface area contributed by atoms with Crippen LogP contribution < -0.4 is 5.32 Å². The van der Waals surface area contributed by atoms with Gasteiger partial charge in [0.25, 0.3) is 0 Å². The molecule has 0 aliphatic heterocycles. The van der Waals surface area contributed by atoms with E-state index in [-0.39, 0.29) is 5.91 Å². The fraction of sp³-hybridized carbons (Fsp3) is 0.200. The number of pyridine rings is 1. The Kier molecular flexibility index (Phi) is 6.08. The molecule has 2 aromatic rings. The Hall–Kier alpha value is -1.33. The molecular weight excluding hydrogens is 336 g/mol. The molecule has 1 N–H and O–H groups in total. The fourth-order valence-corrected chi connectivity index (χ4v) is 2.89. The number of nitrogens with one attached hydrogen (secondary N) is 1. The molecule has 1 aromatic heterocycles. The highest BCUT2D eigenvalue weighted by molar-refractivity contribution is 9.10. The Labute approximate surface area is 131 Å². The molecule has 1 heterocycles. The van der Waals surface area contributed by atoms with E-state index in [4.69, 9.17) is 0 Å². The van der Waals surface area contributed by atoms with Crippen LogP contribution in [0.5, 0.6) is 0 Å². The predicted molar refractivity (Wildman–Crippen MR) is 86.4 cm³/mol. The second-order valence-electron chi connectivity index (χ2n) is 4.26. The van der Waals surface area contributed by atoms with Crippen molar-refractivity contribution in [2.45, 2.75) is 12.3 Å². The van der Waals surface area contributed by atoms with Crippen molar-refractivity contribution in [2.24, 2.45) is 0 Å². The highest BCUT2D eigenvalue weighted by Gasteiger charge is 2.02. The molecule has 20 heavy (non-hydrogen) atoms. The van der Waals surface area contributed by atoms with Crippen LogP contribution in [-0.4, -0.2) is 16.6 Å². The monoisotopic (exact) mass is 350 g/mol. The molecule has 0 atom stereocenters. The first kappa shape index (κ1) is 15.1. The zero-order valence-corrected chi connectivity index (χ0v) is 13.3. The van der Waals surface area contributed by atoms with Crippen LogP contribution >= 0.6 is 27.7 Å². The van der Waals surface area contributed by atoms with Gasteiger partial charge in [0.05, 0.1) is 5.75 Å². The molecule has 0 saturated heterocycles. The summed E-state index contributed by atoms with van der Waals surface area (Å²) >= 11 is 5.01. The largest absolute Gasteiger partial charge is 0.351 e. The molecule has 2 rings (SSSR count). The Balaban J connectivity index is 1.68. The fourth-order valence-electron chi connectivity index (χ4n) is 1.64. The number of carbonyl (C=O) groups is 1. The second kappa shape index (κ2) is 8.07. The van der Waals surface area contributed by atoms with Gasteiger partial charge in [0.2, 0.25) is 5.91 Å². The first-order valence-corrected chi connectivity index (χ1v) is 8.16. The molecule has 0 fully saturated rings. The van der Waals surface area contributed by atoms with Crippen molar-refractivity contribution in [2.75, 3.05) is 5.75 Å². The summed E-state index contributed by atoms with van der Waals surface area (Å²) in [6, 6.07) is 11.8. The summed E-state index contributed by atoms with van der Waals surface area (Å²) < 4.78 is 1.02. The highest BCUT2D eigenvalue weighted by Crippen LogP contribution is 2.12. The highest BCUT2D eigenvalue weighted by atomic mass is 79.9. The van der Waals surface area contributed by atoms with Crippen molar-refractivity contribution < 1.29 is 4.79 Å². The molecule has 1 amide bonds. The molecule has 0 bridgehead atoms. The van der Waals surface area contributed by atoms with Gasteiger partial charge in [-0.15, -0.1) is 11.8 Å². The van der Waals surface area contributed by atoms with Crippen molar-refractivity contribution in [3.05, 3.63) is 64.4 Å². The maximum atomic E-state index is 11.7. The third kappa shape index (κ3) is 5.35. The number of hydrogen-bond acceptors (Lipinski definition) is 3. The predicted octanol–water partition coefficient (Wildman–Crippen LogP) is 3.39. The van der Waals surface area contributed by atoms with E-state index in [0.29, 0.717) is 12.3 Å². The minimum absolute atomic E-state index is 0.0545. The summed E-state index contributed by atoms with van der Waals surface area (Å²) in [4.78, 5) is 15.8. The molecule has 0 radical (unpaired) electrons. The summed E-state index contributed by atoms with van der Waals surface area (Å²) in [5.41, 5.74) is 2.22. The van der Waals surface area contributed by atoms with Gasteiger partial charge in [-0.1, -0.05) is 34.1 Å². The summed E-state index contributed by atoms with van der Waals surface area (Å²) in [6.45, 7) is 0.561. The normalized spacial score (nSPS) is 10.2. The molecular formula is C15H15BrN2OS. The van der Waals surface area contributed by atoms with Gasteiger partial charge in [-0.25, -0.2) is 0 Å². The Morgan fingerprint density at radius 3 is 2.85 bits per heavy atom. The van der Waals surface area contributed by atoms with E-state index in [2.05, 4.69) is 26.2 Å². The zero-order valence-electron chi connectivity index (χ0n) is 10.9. The van der Waals surface area contributed by atoms with Gasteiger partial charge in [0, 0.05) is 29.2 Å². The Morgan fingerprint density at radius 2 is 2.10 bits per heavy atom. The van der Waals surface area contributed by atoms with Gasteiger partial charge in [0.15, 0.2) is 0 Å². The third-order valence-corrected chi connectivity index (χ3v) is 4.10.